The summed E-state index contributed by atoms with van der Waals surface area (Å²) in [6.45, 7) is 2.06. The summed E-state index contributed by atoms with van der Waals surface area (Å²) in [4.78, 5) is 18.4. The van der Waals surface area contributed by atoms with Gasteiger partial charge in [0.25, 0.3) is 0 Å². The molecule has 7 nitrogen and oxygen atoms in total. The van der Waals surface area contributed by atoms with E-state index in [1.807, 2.05) is 18.2 Å². The third-order valence-corrected chi connectivity index (χ3v) is 3.80. The van der Waals surface area contributed by atoms with Crippen LogP contribution in [-0.2, 0) is 17.7 Å². The first-order valence-corrected chi connectivity index (χ1v) is 7.18. The van der Waals surface area contributed by atoms with Crippen LogP contribution in [0.15, 0.2) is 24.4 Å². The van der Waals surface area contributed by atoms with Crippen molar-refractivity contribution >= 4 is 5.97 Å². The van der Waals surface area contributed by atoms with Crippen molar-refractivity contribution in [2.24, 2.45) is 0 Å². The maximum atomic E-state index is 12.0. The third-order valence-electron chi connectivity index (χ3n) is 3.80. The molecule has 3 heterocycles. The Morgan fingerprint density at radius 1 is 1.45 bits per heavy atom. The Morgan fingerprint density at radius 2 is 2.32 bits per heavy atom. The zero-order valence-electron chi connectivity index (χ0n) is 12.4. The van der Waals surface area contributed by atoms with E-state index in [4.69, 9.17) is 9.84 Å². The van der Waals surface area contributed by atoms with Gasteiger partial charge in [-0.2, -0.15) is 5.10 Å². The molecule has 0 unspecified atom stereocenters. The molecule has 22 heavy (non-hydrogen) atoms. The molecule has 1 N–H and O–H groups in total. The molecule has 0 aromatic carbocycles. The molecular formula is C15H18N4O3. The molecule has 3 rings (SSSR count). The topological polar surface area (TPSA) is 80.5 Å². The van der Waals surface area contributed by atoms with E-state index in [0.29, 0.717) is 24.6 Å². The number of aromatic nitrogens is 3. The Balaban J connectivity index is 2.05. The predicted octanol–water partition coefficient (Wildman–Crippen LogP) is 0.404. The smallest absolute Gasteiger partial charge is 0.358 e. The van der Waals surface area contributed by atoms with Gasteiger partial charge in [0.2, 0.25) is 0 Å². The lowest BCUT2D eigenvalue weighted by molar-refractivity contribution is 0.0590. The fourth-order valence-electron chi connectivity index (χ4n) is 2.74. The number of rotatable bonds is 4. The fourth-order valence-corrected chi connectivity index (χ4v) is 2.74. The van der Waals surface area contributed by atoms with Gasteiger partial charge >= 0.3 is 5.97 Å². The Labute approximate surface area is 128 Å². The van der Waals surface area contributed by atoms with Gasteiger partial charge in [-0.05, 0) is 12.1 Å². The minimum Gasteiger partial charge on any atom is -0.464 e. The summed E-state index contributed by atoms with van der Waals surface area (Å²) in [7, 11) is 1.35. The Bertz CT molecular complexity index is 669. The highest BCUT2D eigenvalue weighted by molar-refractivity contribution is 5.89. The monoisotopic (exact) mass is 302 g/mol. The largest absolute Gasteiger partial charge is 0.464 e. The van der Waals surface area contributed by atoms with Gasteiger partial charge in [0.15, 0.2) is 11.5 Å². The van der Waals surface area contributed by atoms with Crippen molar-refractivity contribution < 1.29 is 14.6 Å². The second-order valence-electron chi connectivity index (χ2n) is 5.11. The van der Waals surface area contributed by atoms with Crippen LogP contribution in [0.2, 0.25) is 0 Å². The van der Waals surface area contributed by atoms with Gasteiger partial charge in [-0.15, -0.1) is 0 Å². The number of esters is 1. The van der Waals surface area contributed by atoms with Gasteiger partial charge in [-0.3, -0.25) is 4.90 Å². The van der Waals surface area contributed by atoms with Crippen molar-refractivity contribution in [3.63, 3.8) is 0 Å². The van der Waals surface area contributed by atoms with E-state index in [9.17, 15) is 4.79 Å². The van der Waals surface area contributed by atoms with Crippen LogP contribution in [0.25, 0.3) is 5.82 Å². The van der Waals surface area contributed by atoms with E-state index in [2.05, 4.69) is 15.0 Å². The van der Waals surface area contributed by atoms with Crippen LogP contribution in [-0.4, -0.2) is 57.5 Å². The number of hydrogen-bond acceptors (Lipinski definition) is 6. The van der Waals surface area contributed by atoms with E-state index < -0.39 is 5.97 Å². The van der Waals surface area contributed by atoms with Crippen molar-refractivity contribution in [3.8, 4) is 5.82 Å². The van der Waals surface area contributed by atoms with Gasteiger partial charge in [-0.25, -0.2) is 14.5 Å². The van der Waals surface area contributed by atoms with Crippen molar-refractivity contribution in [1.29, 1.82) is 0 Å². The van der Waals surface area contributed by atoms with Crippen LogP contribution in [0.1, 0.15) is 21.7 Å². The van der Waals surface area contributed by atoms with Gasteiger partial charge in [0.1, 0.15) is 0 Å². The normalized spacial score (nSPS) is 14.6. The van der Waals surface area contributed by atoms with Crippen LogP contribution in [0, 0.1) is 0 Å². The summed E-state index contributed by atoms with van der Waals surface area (Å²) >= 11 is 0. The fraction of sp³-hybridized carbons (Fsp3) is 0.400. The molecule has 0 saturated carbocycles. The average molecular weight is 302 g/mol. The third kappa shape index (κ3) is 2.60. The van der Waals surface area contributed by atoms with Crippen LogP contribution < -0.4 is 0 Å². The van der Waals surface area contributed by atoms with E-state index in [1.165, 1.54) is 7.11 Å². The molecule has 0 bridgehead atoms. The van der Waals surface area contributed by atoms with E-state index in [-0.39, 0.29) is 6.61 Å². The molecule has 0 fully saturated rings. The summed E-state index contributed by atoms with van der Waals surface area (Å²) < 4.78 is 6.56. The predicted molar refractivity (Wildman–Crippen MR) is 78.8 cm³/mol. The molecule has 0 saturated heterocycles. The highest BCUT2D eigenvalue weighted by atomic mass is 16.5. The van der Waals surface area contributed by atoms with Gasteiger partial charge in [-0.1, -0.05) is 6.07 Å². The van der Waals surface area contributed by atoms with Crippen LogP contribution >= 0.6 is 0 Å². The number of nitrogens with zero attached hydrogens (tertiary/aromatic N) is 4. The number of aliphatic hydroxyl groups excluding tert-OH is 1. The minimum absolute atomic E-state index is 0.0945. The molecule has 1 aliphatic heterocycles. The zero-order valence-corrected chi connectivity index (χ0v) is 12.4. The molecule has 0 spiro atoms. The molecule has 1 aliphatic rings. The minimum atomic E-state index is -0.447. The summed E-state index contributed by atoms with van der Waals surface area (Å²) in [5.41, 5.74) is 2.16. The van der Waals surface area contributed by atoms with Crippen LogP contribution in [0.5, 0.6) is 0 Å². The van der Waals surface area contributed by atoms with Crippen molar-refractivity contribution in [2.45, 2.75) is 13.0 Å². The number of carbonyl (C=O) groups excluding carboxylic acids is 1. The second kappa shape index (κ2) is 6.25. The quantitative estimate of drug-likeness (QED) is 0.824. The number of methoxy groups -OCH3 is 1. The maximum absolute atomic E-state index is 12.0. The molecule has 2 aromatic rings. The second-order valence-corrected chi connectivity index (χ2v) is 5.11. The summed E-state index contributed by atoms with van der Waals surface area (Å²) in [6, 6.07) is 5.58. The first kappa shape index (κ1) is 14.7. The van der Waals surface area contributed by atoms with Gasteiger partial charge < -0.3 is 9.84 Å². The molecule has 2 aromatic heterocycles. The maximum Gasteiger partial charge on any atom is 0.358 e. The average Bonchev–Trinajstić information content (AvgIpc) is 2.94. The highest BCUT2D eigenvalue weighted by Gasteiger charge is 2.29. The lowest BCUT2D eigenvalue weighted by Gasteiger charge is -2.26. The first-order chi connectivity index (χ1) is 10.7. The number of ether oxygens (including phenoxy) is 1. The highest BCUT2D eigenvalue weighted by Crippen LogP contribution is 2.25. The molecule has 0 aliphatic carbocycles. The number of fused-ring (bicyclic) bond motifs is 1. The van der Waals surface area contributed by atoms with Crippen molar-refractivity contribution in [2.75, 3.05) is 26.8 Å². The lowest BCUT2D eigenvalue weighted by atomic mass is 10.0. The SMILES string of the molecule is COC(=O)c1nn(-c2ccccn2)c2c1CN(CCO)CC2. The number of carbonyl (C=O) groups is 1. The Hall–Kier alpha value is -2.25. The van der Waals surface area contributed by atoms with E-state index in [0.717, 1.165) is 24.2 Å². The molecule has 0 atom stereocenters. The van der Waals surface area contributed by atoms with E-state index in [1.54, 1.807) is 10.9 Å². The molecule has 116 valence electrons. The Morgan fingerprint density at radius 3 is 3.00 bits per heavy atom. The van der Waals surface area contributed by atoms with Crippen molar-refractivity contribution in [3.05, 3.63) is 41.3 Å². The van der Waals surface area contributed by atoms with Crippen LogP contribution in [0.3, 0.4) is 0 Å². The number of pyridine rings is 1. The molecule has 0 radical (unpaired) electrons. The summed E-state index contributed by atoms with van der Waals surface area (Å²) in [5, 5.41) is 13.5. The summed E-state index contributed by atoms with van der Waals surface area (Å²) in [5.74, 6) is 0.237. The molecule has 7 heteroatoms. The van der Waals surface area contributed by atoms with E-state index >= 15 is 0 Å². The summed E-state index contributed by atoms with van der Waals surface area (Å²) in [6.07, 6.45) is 2.44. The van der Waals surface area contributed by atoms with Crippen LogP contribution in [0.4, 0.5) is 0 Å². The number of β-amino-alcohol motifs (C(OH)–C–C–N with tert-alkyl or cyclic N) is 1. The Kier molecular flexibility index (Phi) is 4.17. The van der Waals surface area contributed by atoms with Crippen molar-refractivity contribution in [1.82, 2.24) is 19.7 Å². The zero-order chi connectivity index (χ0) is 15.5. The van der Waals surface area contributed by atoms with Gasteiger partial charge in [0, 0.05) is 37.8 Å². The standard InChI is InChI=1S/C15H18N4O3/c1-22-15(21)14-11-10-18(8-9-20)7-5-12(11)19(17-14)13-4-2-3-6-16-13/h2-4,6,20H,5,7-10H2,1H3. The number of aliphatic hydroxyl groups is 1. The lowest BCUT2D eigenvalue weighted by Crippen LogP contribution is -2.33. The number of hydrogen-bond donors (Lipinski definition) is 1. The first-order valence-electron chi connectivity index (χ1n) is 7.18. The molecular weight excluding hydrogens is 284 g/mol. The molecule has 0 amide bonds. The van der Waals surface area contributed by atoms with Gasteiger partial charge in [0.05, 0.1) is 19.4 Å².